The molecule has 0 bridgehead atoms. The van der Waals surface area contributed by atoms with Crippen molar-refractivity contribution in [1.82, 2.24) is 4.98 Å². The number of rotatable bonds is 4. The molecule has 1 atom stereocenters. The van der Waals surface area contributed by atoms with Gasteiger partial charge in [-0.05, 0) is 25.0 Å². The maximum absolute atomic E-state index is 9.37. The second-order valence-corrected chi connectivity index (χ2v) is 5.40. The van der Waals surface area contributed by atoms with Gasteiger partial charge < -0.3 is 10.0 Å². The van der Waals surface area contributed by atoms with Crippen LogP contribution in [-0.2, 0) is 6.61 Å². The first-order valence-corrected chi connectivity index (χ1v) is 6.77. The highest BCUT2D eigenvalue weighted by Gasteiger charge is 2.16. The predicted molar refractivity (Wildman–Crippen MR) is 80.4 cm³/mol. The van der Waals surface area contributed by atoms with Crippen molar-refractivity contribution >= 4 is 16.6 Å². The summed E-state index contributed by atoms with van der Waals surface area (Å²) in [6.07, 6.45) is 0. The van der Waals surface area contributed by atoms with E-state index in [1.54, 1.807) is 0 Å². The van der Waals surface area contributed by atoms with Crippen molar-refractivity contribution in [1.29, 1.82) is 0 Å². The van der Waals surface area contributed by atoms with Crippen LogP contribution in [0.1, 0.15) is 26.5 Å². The number of nitrogens with zero attached hydrogens (tertiary/aromatic N) is 2. The van der Waals surface area contributed by atoms with Gasteiger partial charge in [-0.15, -0.1) is 0 Å². The number of pyridine rings is 1. The van der Waals surface area contributed by atoms with Crippen LogP contribution in [0.3, 0.4) is 0 Å². The summed E-state index contributed by atoms with van der Waals surface area (Å²) < 4.78 is 0. The lowest BCUT2D eigenvalue weighted by Crippen LogP contribution is -2.33. The maximum atomic E-state index is 9.37. The van der Waals surface area contributed by atoms with E-state index < -0.39 is 0 Å². The maximum Gasteiger partial charge on any atom is 0.0854 e. The Morgan fingerprint density at radius 1 is 1.21 bits per heavy atom. The minimum atomic E-state index is -0.0261. The van der Waals surface area contributed by atoms with Gasteiger partial charge in [0.05, 0.1) is 17.8 Å². The third-order valence-corrected chi connectivity index (χ3v) is 3.87. The van der Waals surface area contributed by atoms with Crippen LogP contribution in [0.5, 0.6) is 0 Å². The highest BCUT2D eigenvalue weighted by molar-refractivity contribution is 5.92. The summed E-state index contributed by atoms with van der Waals surface area (Å²) in [6, 6.07) is 10.5. The van der Waals surface area contributed by atoms with Gasteiger partial charge in [0.25, 0.3) is 0 Å². The van der Waals surface area contributed by atoms with Gasteiger partial charge >= 0.3 is 0 Å². The lowest BCUT2D eigenvalue weighted by atomic mass is 10.0. The quantitative estimate of drug-likeness (QED) is 0.915. The Labute approximate surface area is 114 Å². The molecule has 0 aliphatic rings. The van der Waals surface area contributed by atoms with Crippen LogP contribution >= 0.6 is 0 Å². The molecular weight excluding hydrogens is 236 g/mol. The predicted octanol–water partition coefficient (Wildman–Crippen LogP) is 3.21. The van der Waals surface area contributed by atoms with Crippen LogP contribution in [0.25, 0.3) is 10.9 Å². The van der Waals surface area contributed by atoms with E-state index in [-0.39, 0.29) is 6.61 Å². The third kappa shape index (κ3) is 2.71. The fraction of sp³-hybridized carbons (Fsp3) is 0.438. The molecule has 19 heavy (non-hydrogen) atoms. The van der Waals surface area contributed by atoms with Gasteiger partial charge in [-0.2, -0.15) is 0 Å². The topological polar surface area (TPSA) is 36.4 Å². The van der Waals surface area contributed by atoms with Crippen LogP contribution in [0.15, 0.2) is 30.3 Å². The zero-order valence-electron chi connectivity index (χ0n) is 12.1. The van der Waals surface area contributed by atoms with E-state index in [0.29, 0.717) is 12.0 Å². The number of aliphatic hydroxyl groups is 1. The second kappa shape index (κ2) is 5.57. The fourth-order valence-electron chi connectivity index (χ4n) is 2.25. The van der Waals surface area contributed by atoms with E-state index in [1.165, 1.54) is 0 Å². The summed E-state index contributed by atoms with van der Waals surface area (Å²) in [5.41, 5.74) is 2.79. The standard InChI is InChI=1S/C16H22N2O/c1-11(2)12(3)18(4)16-9-13(10-19)17-15-8-6-5-7-14(15)16/h5-9,11-12,19H,10H2,1-4H3. The van der Waals surface area contributed by atoms with Crippen molar-refractivity contribution in [2.45, 2.75) is 33.4 Å². The van der Waals surface area contributed by atoms with Crippen LogP contribution in [0.4, 0.5) is 5.69 Å². The lowest BCUT2D eigenvalue weighted by molar-refractivity contribution is 0.277. The molecule has 102 valence electrons. The Kier molecular flexibility index (Phi) is 4.05. The van der Waals surface area contributed by atoms with Crippen molar-refractivity contribution in [2.75, 3.05) is 11.9 Å². The van der Waals surface area contributed by atoms with E-state index >= 15 is 0 Å². The van der Waals surface area contributed by atoms with E-state index in [4.69, 9.17) is 0 Å². The largest absolute Gasteiger partial charge is 0.390 e. The first kappa shape index (κ1) is 13.8. The minimum absolute atomic E-state index is 0.0261. The van der Waals surface area contributed by atoms with Crippen molar-refractivity contribution in [2.24, 2.45) is 5.92 Å². The molecule has 1 unspecified atom stereocenters. The normalized spacial score (nSPS) is 12.9. The first-order valence-electron chi connectivity index (χ1n) is 6.77. The zero-order valence-corrected chi connectivity index (χ0v) is 12.1. The van der Waals surface area contributed by atoms with Gasteiger partial charge in [0.15, 0.2) is 0 Å². The summed E-state index contributed by atoms with van der Waals surface area (Å²) >= 11 is 0. The Morgan fingerprint density at radius 2 is 1.89 bits per heavy atom. The number of para-hydroxylation sites is 1. The van der Waals surface area contributed by atoms with Gasteiger partial charge in [0.2, 0.25) is 0 Å². The summed E-state index contributed by atoms with van der Waals surface area (Å²) in [5.74, 6) is 0.564. The average Bonchev–Trinajstić information content (AvgIpc) is 2.44. The second-order valence-electron chi connectivity index (χ2n) is 5.40. The molecule has 0 aliphatic carbocycles. The highest BCUT2D eigenvalue weighted by Crippen LogP contribution is 2.28. The van der Waals surface area contributed by atoms with Gasteiger partial charge in [-0.25, -0.2) is 0 Å². The number of aliphatic hydroxyl groups excluding tert-OH is 1. The zero-order chi connectivity index (χ0) is 14.0. The number of hydrogen-bond acceptors (Lipinski definition) is 3. The molecule has 1 N–H and O–H groups in total. The monoisotopic (exact) mass is 258 g/mol. The van der Waals surface area contributed by atoms with E-state index in [9.17, 15) is 5.11 Å². The van der Waals surface area contributed by atoms with E-state index in [0.717, 1.165) is 22.3 Å². The lowest BCUT2D eigenvalue weighted by Gasteiger charge is -2.31. The van der Waals surface area contributed by atoms with Crippen molar-refractivity contribution in [3.63, 3.8) is 0 Å². The van der Waals surface area contributed by atoms with Crippen LogP contribution in [-0.4, -0.2) is 23.2 Å². The van der Waals surface area contributed by atoms with Crippen molar-refractivity contribution in [3.8, 4) is 0 Å². The number of hydrogen-bond donors (Lipinski definition) is 1. The number of benzene rings is 1. The highest BCUT2D eigenvalue weighted by atomic mass is 16.3. The summed E-state index contributed by atoms with van der Waals surface area (Å²) in [7, 11) is 2.10. The molecule has 1 heterocycles. The fourth-order valence-corrected chi connectivity index (χ4v) is 2.25. The third-order valence-electron chi connectivity index (χ3n) is 3.87. The van der Waals surface area contributed by atoms with Gasteiger partial charge in [0.1, 0.15) is 0 Å². The minimum Gasteiger partial charge on any atom is -0.390 e. The molecule has 1 aromatic heterocycles. The molecule has 2 rings (SSSR count). The Bertz CT molecular complexity index is 566. The van der Waals surface area contributed by atoms with Crippen LogP contribution < -0.4 is 4.90 Å². The van der Waals surface area contributed by atoms with Crippen LogP contribution in [0.2, 0.25) is 0 Å². The molecular formula is C16H22N2O. The van der Waals surface area contributed by atoms with E-state index in [1.807, 2.05) is 24.3 Å². The number of anilines is 1. The molecule has 3 nitrogen and oxygen atoms in total. The number of aromatic nitrogens is 1. The van der Waals surface area contributed by atoms with Gasteiger partial charge in [0, 0.05) is 24.2 Å². The van der Waals surface area contributed by atoms with Crippen LogP contribution in [0, 0.1) is 5.92 Å². The molecule has 0 radical (unpaired) electrons. The molecule has 0 amide bonds. The smallest absolute Gasteiger partial charge is 0.0854 e. The number of fused-ring (bicyclic) bond motifs is 1. The van der Waals surface area contributed by atoms with E-state index in [2.05, 4.69) is 43.8 Å². The molecule has 1 aromatic carbocycles. The van der Waals surface area contributed by atoms with Crippen molar-refractivity contribution in [3.05, 3.63) is 36.0 Å². The average molecular weight is 258 g/mol. The Hall–Kier alpha value is -1.61. The van der Waals surface area contributed by atoms with Gasteiger partial charge in [-0.1, -0.05) is 32.0 Å². The Balaban J connectivity index is 2.57. The molecule has 0 aliphatic heterocycles. The van der Waals surface area contributed by atoms with Crippen molar-refractivity contribution < 1.29 is 5.11 Å². The summed E-state index contributed by atoms with van der Waals surface area (Å²) in [5, 5.41) is 10.5. The molecule has 0 saturated carbocycles. The SMILES string of the molecule is CC(C)C(C)N(C)c1cc(CO)nc2ccccc12. The molecule has 0 spiro atoms. The molecule has 2 aromatic rings. The molecule has 0 fully saturated rings. The summed E-state index contributed by atoms with van der Waals surface area (Å²) in [6.45, 7) is 6.63. The molecule has 3 heteroatoms. The Morgan fingerprint density at radius 3 is 2.53 bits per heavy atom. The van der Waals surface area contributed by atoms with Gasteiger partial charge in [-0.3, -0.25) is 4.98 Å². The summed E-state index contributed by atoms with van der Waals surface area (Å²) in [4.78, 5) is 6.74. The molecule has 0 saturated heterocycles. The first-order chi connectivity index (χ1) is 9.04.